The van der Waals surface area contributed by atoms with Crippen LogP contribution in [0.15, 0.2) is 0 Å². The molecule has 0 amide bonds. The summed E-state index contributed by atoms with van der Waals surface area (Å²) < 4.78 is 46.8. The van der Waals surface area contributed by atoms with Crippen LogP contribution in [-0.2, 0) is 9.47 Å². The lowest BCUT2D eigenvalue weighted by Crippen LogP contribution is -2.41. The second-order valence-corrected chi connectivity index (χ2v) is 3.45. The predicted octanol–water partition coefficient (Wildman–Crippen LogP) is 0.693. The monoisotopic (exact) mass is 238 g/mol. The summed E-state index contributed by atoms with van der Waals surface area (Å²) in [5.41, 5.74) is 0. The summed E-state index contributed by atoms with van der Waals surface area (Å²) in [6.45, 7) is 1.18. The van der Waals surface area contributed by atoms with Gasteiger partial charge in [-0.25, -0.2) is 0 Å². The minimum Gasteiger partial charge on any atom is -0.376 e. The summed E-state index contributed by atoms with van der Waals surface area (Å²) in [7, 11) is 0. The molecule has 1 fully saturated rings. The fourth-order valence-corrected chi connectivity index (χ4v) is 1.28. The fraction of sp³-hybridized carbons (Fsp3) is 0.889. The molecule has 2 atom stereocenters. The molecule has 0 aliphatic carbocycles. The normalized spacial score (nSPS) is 23.8. The molecule has 7 heteroatoms. The van der Waals surface area contributed by atoms with Crippen molar-refractivity contribution in [2.45, 2.75) is 12.3 Å². The van der Waals surface area contributed by atoms with E-state index in [2.05, 4.69) is 5.32 Å². The van der Waals surface area contributed by atoms with Crippen molar-refractivity contribution in [3.63, 3.8) is 0 Å². The van der Waals surface area contributed by atoms with Crippen molar-refractivity contribution >= 4 is 0 Å². The van der Waals surface area contributed by atoms with E-state index in [0.717, 1.165) is 0 Å². The van der Waals surface area contributed by atoms with Crippen LogP contribution in [0.1, 0.15) is 0 Å². The van der Waals surface area contributed by atoms with Crippen LogP contribution in [0.4, 0.5) is 13.2 Å². The number of alkyl halides is 3. The maximum atomic E-state index is 12.2. The summed E-state index contributed by atoms with van der Waals surface area (Å²) in [5.74, 6) is -1.97. The smallest absolute Gasteiger partial charge is 0.376 e. The second kappa shape index (κ2) is 6.03. The van der Waals surface area contributed by atoms with Crippen molar-refractivity contribution in [1.29, 1.82) is 5.26 Å². The number of rotatable bonds is 4. The Morgan fingerprint density at radius 1 is 1.44 bits per heavy atom. The van der Waals surface area contributed by atoms with E-state index < -0.39 is 18.6 Å². The van der Waals surface area contributed by atoms with Crippen molar-refractivity contribution in [2.24, 2.45) is 5.92 Å². The van der Waals surface area contributed by atoms with E-state index in [9.17, 15) is 13.2 Å². The third kappa shape index (κ3) is 4.35. The molecule has 0 aromatic carbocycles. The van der Waals surface area contributed by atoms with Crippen LogP contribution in [0, 0.1) is 17.2 Å². The van der Waals surface area contributed by atoms with Gasteiger partial charge >= 0.3 is 6.18 Å². The van der Waals surface area contributed by atoms with Crippen LogP contribution in [-0.4, -0.2) is 45.2 Å². The van der Waals surface area contributed by atoms with Crippen molar-refractivity contribution in [2.75, 3.05) is 32.9 Å². The highest BCUT2D eigenvalue weighted by atomic mass is 19.4. The summed E-state index contributed by atoms with van der Waals surface area (Å²) in [5, 5.41) is 10.9. The minimum atomic E-state index is -4.48. The predicted molar refractivity (Wildman–Crippen MR) is 48.6 cm³/mol. The molecule has 1 heterocycles. The van der Waals surface area contributed by atoms with Gasteiger partial charge in [-0.15, -0.1) is 0 Å². The Bertz CT molecular complexity index is 246. The van der Waals surface area contributed by atoms with E-state index in [1.165, 1.54) is 6.07 Å². The first-order valence-electron chi connectivity index (χ1n) is 4.90. The molecule has 1 aliphatic heterocycles. The van der Waals surface area contributed by atoms with E-state index in [1.807, 2.05) is 0 Å². The number of halogens is 3. The second-order valence-electron chi connectivity index (χ2n) is 3.45. The van der Waals surface area contributed by atoms with Gasteiger partial charge in [0.05, 0.1) is 32.0 Å². The SMILES string of the molecule is N#CC(CNCC1COCCO1)C(F)(F)F. The van der Waals surface area contributed by atoms with Gasteiger partial charge in [0.15, 0.2) is 5.92 Å². The zero-order chi connectivity index (χ0) is 12.0. The van der Waals surface area contributed by atoms with Gasteiger partial charge in [-0.3, -0.25) is 0 Å². The maximum Gasteiger partial charge on any atom is 0.405 e. The number of hydrogen-bond acceptors (Lipinski definition) is 4. The highest BCUT2D eigenvalue weighted by Gasteiger charge is 2.39. The highest BCUT2D eigenvalue weighted by Crippen LogP contribution is 2.24. The first-order valence-corrected chi connectivity index (χ1v) is 4.90. The van der Waals surface area contributed by atoms with Crippen LogP contribution >= 0.6 is 0 Å². The van der Waals surface area contributed by atoms with Crippen LogP contribution < -0.4 is 5.32 Å². The zero-order valence-electron chi connectivity index (χ0n) is 8.59. The molecule has 0 bridgehead atoms. The van der Waals surface area contributed by atoms with Gasteiger partial charge in [-0.2, -0.15) is 18.4 Å². The lowest BCUT2D eigenvalue weighted by Gasteiger charge is -2.23. The molecule has 1 saturated heterocycles. The van der Waals surface area contributed by atoms with Crippen LogP contribution in [0.5, 0.6) is 0 Å². The number of nitrogens with zero attached hydrogens (tertiary/aromatic N) is 1. The summed E-state index contributed by atoms with van der Waals surface area (Å²) in [6.07, 6.45) is -4.72. The largest absolute Gasteiger partial charge is 0.405 e. The molecule has 1 rings (SSSR count). The molecule has 1 N–H and O–H groups in total. The Hall–Kier alpha value is -0.840. The molecule has 92 valence electrons. The highest BCUT2D eigenvalue weighted by molar-refractivity contribution is 4.90. The molecule has 0 aromatic heterocycles. The van der Waals surface area contributed by atoms with E-state index in [0.29, 0.717) is 19.8 Å². The lowest BCUT2D eigenvalue weighted by molar-refractivity contribution is -0.158. The molecule has 0 spiro atoms. The summed E-state index contributed by atoms with van der Waals surface area (Å²) in [4.78, 5) is 0. The van der Waals surface area contributed by atoms with Gasteiger partial charge in [-0.1, -0.05) is 0 Å². The van der Waals surface area contributed by atoms with E-state index in [4.69, 9.17) is 14.7 Å². The van der Waals surface area contributed by atoms with Crippen molar-refractivity contribution in [3.8, 4) is 6.07 Å². The van der Waals surface area contributed by atoms with Gasteiger partial charge in [0.25, 0.3) is 0 Å². The Morgan fingerprint density at radius 2 is 2.19 bits per heavy atom. The molecule has 0 saturated carbocycles. The number of hydrogen-bond donors (Lipinski definition) is 1. The van der Waals surface area contributed by atoms with E-state index in [1.54, 1.807) is 0 Å². The number of nitriles is 1. The Balaban J connectivity index is 2.21. The summed E-state index contributed by atoms with van der Waals surface area (Å²) >= 11 is 0. The third-order valence-corrected chi connectivity index (χ3v) is 2.16. The quantitative estimate of drug-likeness (QED) is 0.783. The maximum absolute atomic E-state index is 12.2. The molecule has 0 radical (unpaired) electrons. The summed E-state index contributed by atoms with van der Waals surface area (Å²) in [6, 6.07) is 1.22. The van der Waals surface area contributed by atoms with Gasteiger partial charge in [-0.05, 0) is 0 Å². The molecule has 4 nitrogen and oxygen atoms in total. The van der Waals surface area contributed by atoms with Crippen molar-refractivity contribution in [1.82, 2.24) is 5.32 Å². The van der Waals surface area contributed by atoms with E-state index in [-0.39, 0.29) is 12.6 Å². The van der Waals surface area contributed by atoms with Gasteiger partial charge < -0.3 is 14.8 Å². The topological polar surface area (TPSA) is 54.3 Å². The van der Waals surface area contributed by atoms with Crippen LogP contribution in [0.2, 0.25) is 0 Å². The van der Waals surface area contributed by atoms with E-state index >= 15 is 0 Å². The Morgan fingerprint density at radius 3 is 2.69 bits per heavy atom. The molecule has 0 aromatic rings. The fourth-order valence-electron chi connectivity index (χ4n) is 1.28. The Labute approximate surface area is 91.3 Å². The standard InChI is InChI=1S/C9H13F3N2O2/c10-9(11,12)7(3-13)4-14-5-8-6-15-1-2-16-8/h7-8,14H,1-2,4-6H2. The average molecular weight is 238 g/mol. The van der Waals surface area contributed by atoms with Gasteiger partial charge in [0, 0.05) is 13.1 Å². The first kappa shape index (κ1) is 13.2. The van der Waals surface area contributed by atoms with Crippen molar-refractivity contribution in [3.05, 3.63) is 0 Å². The minimum absolute atomic E-state index is 0.235. The molecule has 2 unspecified atom stereocenters. The first-order chi connectivity index (χ1) is 7.54. The lowest BCUT2D eigenvalue weighted by atomic mass is 10.1. The molecule has 16 heavy (non-hydrogen) atoms. The molecule has 1 aliphatic rings. The van der Waals surface area contributed by atoms with Gasteiger partial charge in [0.2, 0.25) is 0 Å². The molecular weight excluding hydrogens is 225 g/mol. The molecular formula is C9H13F3N2O2. The van der Waals surface area contributed by atoms with Crippen LogP contribution in [0.25, 0.3) is 0 Å². The number of nitrogens with one attached hydrogen (secondary N) is 1. The van der Waals surface area contributed by atoms with Crippen molar-refractivity contribution < 1.29 is 22.6 Å². The van der Waals surface area contributed by atoms with Crippen LogP contribution in [0.3, 0.4) is 0 Å². The number of ether oxygens (including phenoxy) is 2. The third-order valence-electron chi connectivity index (χ3n) is 2.16. The average Bonchev–Trinajstić information content (AvgIpc) is 2.24. The van der Waals surface area contributed by atoms with Gasteiger partial charge in [0.1, 0.15) is 0 Å². The Kier molecular flexibility index (Phi) is 4.99. The zero-order valence-corrected chi connectivity index (χ0v) is 8.59.